The Hall–Kier alpha value is 0.264. The van der Waals surface area contributed by atoms with Crippen LogP contribution in [0.4, 0.5) is 0 Å². The molecule has 0 unspecified atom stereocenters. The van der Waals surface area contributed by atoms with E-state index in [1.54, 1.807) is 0 Å². The Kier molecular flexibility index (Phi) is 47.5. The van der Waals surface area contributed by atoms with Crippen molar-refractivity contribution in [1.29, 1.82) is 0 Å². The summed E-state index contributed by atoms with van der Waals surface area (Å²) in [6.45, 7) is 2.68. The van der Waals surface area contributed by atoms with E-state index in [2.05, 4.69) is 10.9 Å². The summed E-state index contributed by atoms with van der Waals surface area (Å²) < 4.78 is 22.2. The second kappa shape index (κ2) is 18.6. The summed E-state index contributed by atoms with van der Waals surface area (Å²) >= 11 is 0. The predicted octanol–water partition coefficient (Wildman–Crippen LogP) is -4.11. The molecule has 108 valence electrons. The summed E-state index contributed by atoms with van der Waals surface area (Å²) in [5, 5.41) is 0. The van der Waals surface area contributed by atoms with E-state index >= 15 is 0 Å². The van der Waals surface area contributed by atoms with Crippen molar-refractivity contribution >= 4 is 21.6 Å². The minimum absolute atomic E-state index is 0. The first-order chi connectivity index (χ1) is 5.12. The molecule has 0 aliphatic heterocycles. The van der Waals surface area contributed by atoms with E-state index in [4.69, 9.17) is 24.4 Å². The third-order valence-corrected chi connectivity index (χ3v) is 1.91. The standard InChI is InChI=1S/C2H2O.H4O7P2.4H2O.Ti/c1-2-3;1-8(2,3)7-9(4,5)6;;;;;/h1H2;(H2,1,2,3)(H2,4,5,6);4*1H2;. The van der Waals surface area contributed by atoms with Gasteiger partial charge in [0.2, 0.25) is 0 Å². The van der Waals surface area contributed by atoms with Gasteiger partial charge in [-0.2, -0.15) is 4.31 Å². The van der Waals surface area contributed by atoms with E-state index in [1.165, 1.54) is 5.94 Å². The summed E-state index contributed by atoms with van der Waals surface area (Å²) in [7, 11) is -10.1. The quantitative estimate of drug-likeness (QED) is 0.217. The van der Waals surface area contributed by atoms with Gasteiger partial charge in [-0.3, -0.25) is 0 Å². The maximum atomic E-state index is 9.63. The zero-order valence-corrected chi connectivity index (χ0v) is 11.4. The average Bonchev–Trinajstić information content (AvgIpc) is 1.53. The van der Waals surface area contributed by atoms with Crippen LogP contribution in [-0.2, 0) is 40.0 Å². The molecule has 0 saturated carbocycles. The van der Waals surface area contributed by atoms with Gasteiger partial charge in [0.25, 0.3) is 0 Å². The second-order valence-corrected chi connectivity index (χ2v) is 3.82. The molecule has 0 atom stereocenters. The molecule has 0 aromatic heterocycles. The molecule has 0 spiro atoms. The van der Waals surface area contributed by atoms with Crippen LogP contribution in [0.25, 0.3) is 0 Å². The van der Waals surface area contributed by atoms with Gasteiger partial charge < -0.3 is 41.5 Å². The zero-order chi connectivity index (χ0) is 10.4. The van der Waals surface area contributed by atoms with Crippen LogP contribution in [0.15, 0.2) is 6.58 Å². The van der Waals surface area contributed by atoms with Crippen LogP contribution in [-0.4, -0.2) is 47.4 Å². The number of carbonyl (C=O) groups excluding carboxylic acids is 1. The van der Waals surface area contributed by atoms with Crippen molar-refractivity contribution in [2.45, 2.75) is 0 Å². The first-order valence-electron chi connectivity index (χ1n) is 2.09. The first-order valence-corrected chi connectivity index (χ1v) is 5.15. The largest absolute Gasteiger partial charge is 0.478 e. The van der Waals surface area contributed by atoms with Gasteiger partial charge in [0.05, 0.1) is 0 Å². The topological polar surface area (TPSA) is 267 Å². The van der Waals surface area contributed by atoms with Crippen molar-refractivity contribution in [1.82, 2.24) is 0 Å². The third kappa shape index (κ3) is 84.3. The molecule has 0 rings (SSSR count). The van der Waals surface area contributed by atoms with Gasteiger partial charge >= 0.3 is 15.6 Å². The van der Waals surface area contributed by atoms with Gasteiger partial charge in [0.1, 0.15) is 5.94 Å². The smallest absolute Gasteiger partial charge is 0.412 e. The van der Waals surface area contributed by atoms with E-state index in [0.29, 0.717) is 0 Å². The van der Waals surface area contributed by atoms with Gasteiger partial charge in [0, 0.05) is 21.7 Å². The normalized spacial score (nSPS) is 7.76. The van der Waals surface area contributed by atoms with Gasteiger partial charge in [-0.25, -0.2) is 13.9 Å². The molecule has 12 N–H and O–H groups in total. The zero-order valence-electron chi connectivity index (χ0n) is 8.02. The Labute approximate surface area is 110 Å². The van der Waals surface area contributed by atoms with Crippen molar-refractivity contribution in [3.05, 3.63) is 6.58 Å². The van der Waals surface area contributed by atoms with Gasteiger partial charge in [-0.05, 0) is 6.58 Å². The van der Waals surface area contributed by atoms with Crippen LogP contribution < -0.4 is 0 Å². The molecule has 0 fully saturated rings. The second-order valence-electron chi connectivity index (χ2n) is 1.21. The Morgan fingerprint density at radius 1 is 0.882 bits per heavy atom. The van der Waals surface area contributed by atoms with E-state index in [9.17, 15) is 9.13 Å². The van der Waals surface area contributed by atoms with Crippen molar-refractivity contribution in [2.24, 2.45) is 0 Å². The molecule has 0 aromatic rings. The van der Waals surface area contributed by atoms with Gasteiger partial charge in [0.15, 0.2) is 0 Å². The van der Waals surface area contributed by atoms with Crippen LogP contribution in [0.2, 0.25) is 0 Å². The van der Waals surface area contributed by atoms with Crippen LogP contribution in [0, 0.1) is 0 Å². The summed E-state index contributed by atoms with van der Waals surface area (Å²) in [5.41, 5.74) is 0. The van der Waals surface area contributed by atoms with Crippen LogP contribution >= 0.6 is 15.6 Å². The van der Waals surface area contributed by atoms with E-state index < -0.39 is 15.6 Å². The van der Waals surface area contributed by atoms with E-state index in [-0.39, 0.29) is 43.6 Å². The summed E-state index contributed by atoms with van der Waals surface area (Å²) in [6.07, 6.45) is 0. The van der Waals surface area contributed by atoms with Crippen molar-refractivity contribution in [2.75, 3.05) is 0 Å². The molecule has 0 saturated heterocycles. The molecule has 0 aliphatic rings. The summed E-state index contributed by atoms with van der Waals surface area (Å²) in [4.78, 5) is 39.6. The SMILES string of the molecule is C=C=O.O.O.O.O.O=P(O)(O)OP(=O)(O)O.[Ti]. The minimum atomic E-state index is -5.05. The monoisotopic (exact) mass is 340 g/mol. The molecule has 12 nitrogen and oxygen atoms in total. The summed E-state index contributed by atoms with van der Waals surface area (Å²) in [6, 6.07) is 0. The molecule has 0 heterocycles. The number of hydrogen-bond donors (Lipinski definition) is 4. The van der Waals surface area contributed by atoms with Crippen LogP contribution in [0.5, 0.6) is 0 Å². The Morgan fingerprint density at radius 2 is 1.00 bits per heavy atom. The Morgan fingerprint density at radius 3 is 1.00 bits per heavy atom. The van der Waals surface area contributed by atoms with Crippen LogP contribution in [0.3, 0.4) is 0 Å². The third-order valence-electron chi connectivity index (χ3n) is 0.213. The fourth-order valence-corrected chi connectivity index (χ4v) is 1.25. The maximum Gasteiger partial charge on any atom is 0.478 e. The fraction of sp³-hybridized carbons (Fsp3) is 0. The average molecular weight is 340 g/mol. The molecular weight excluding hydrogens is 326 g/mol. The van der Waals surface area contributed by atoms with E-state index in [1.807, 2.05) is 0 Å². The minimum Gasteiger partial charge on any atom is -0.412 e. The maximum absolute atomic E-state index is 9.63. The fourth-order valence-electron chi connectivity index (χ4n) is 0.139. The van der Waals surface area contributed by atoms with Crippen molar-refractivity contribution < 1.29 is 81.4 Å². The molecule has 0 radical (unpaired) electrons. The number of phosphoric acid groups is 2. The molecule has 0 amide bonds. The molecule has 15 heteroatoms. The molecular formula is C2H14O12P2Ti. The molecule has 17 heavy (non-hydrogen) atoms. The Balaban J connectivity index is -0.0000000229. The first kappa shape index (κ1) is 43.3. The number of rotatable bonds is 2. The molecule has 0 aliphatic carbocycles. The van der Waals surface area contributed by atoms with Crippen LogP contribution in [0.1, 0.15) is 0 Å². The van der Waals surface area contributed by atoms with Crippen molar-refractivity contribution in [3.63, 3.8) is 0 Å². The van der Waals surface area contributed by atoms with Crippen molar-refractivity contribution in [3.8, 4) is 0 Å². The van der Waals surface area contributed by atoms with E-state index in [0.717, 1.165) is 0 Å². The molecule has 0 bridgehead atoms. The Bertz CT molecular complexity index is 225. The van der Waals surface area contributed by atoms with Gasteiger partial charge in [-0.15, -0.1) is 0 Å². The van der Waals surface area contributed by atoms with Gasteiger partial charge in [-0.1, -0.05) is 0 Å². The predicted molar refractivity (Wildman–Crippen MR) is 50.9 cm³/mol. The number of hydrogen-bond acceptors (Lipinski definition) is 4. The molecule has 0 aromatic carbocycles. The summed E-state index contributed by atoms with van der Waals surface area (Å²) in [5.74, 6) is 1.25.